The molecule has 8 heteroatoms. The maximum atomic E-state index is 13.4. The lowest BCUT2D eigenvalue weighted by atomic mass is 10.2. The van der Waals surface area contributed by atoms with Crippen molar-refractivity contribution in [2.75, 3.05) is 17.3 Å². The number of anilines is 3. The molecule has 0 amide bonds. The fourth-order valence-corrected chi connectivity index (χ4v) is 6.53. The zero-order valence-corrected chi connectivity index (χ0v) is 21.4. The average Bonchev–Trinajstić information content (AvgIpc) is 3.32. The third-order valence-electron chi connectivity index (χ3n) is 5.69. The van der Waals surface area contributed by atoms with Gasteiger partial charge in [-0.1, -0.05) is 41.6 Å². The van der Waals surface area contributed by atoms with Gasteiger partial charge in [0.25, 0.3) is 5.56 Å². The molecule has 0 atom stereocenters. The van der Waals surface area contributed by atoms with Crippen LogP contribution >= 0.6 is 34.7 Å². The van der Waals surface area contributed by atoms with Crippen molar-refractivity contribution >= 4 is 62.9 Å². The number of nitrogens with one attached hydrogen (secondary N) is 1. The molecule has 0 bridgehead atoms. The first kappa shape index (κ1) is 22.8. The number of hydrogen-bond acceptors (Lipinski definition) is 6. The van der Waals surface area contributed by atoms with Crippen molar-refractivity contribution in [1.82, 2.24) is 9.55 Å². The summed E-state index contributed by atoms with van der Waals surface area (Å²) >= 11 is 9.52. The predicted octanol–water partition coefficient (Wildman–Crippen LogP) is 5.17. The van der Waals surface area contributed by atoms with Crippen LogP contribution in [0.4, 0.5) is 17.1 Å². The standard InChI is InChI=1S/C26H23ClN4OS2/c1-4-31-23(14-17-11-12-28-15-20(17)29-19-8-6-5-7-18(19)27)34-24(25(31)32)26-30(3)21-13-16(2)9-10-22(21)33-26/h5-15,29H,4H2,1-3H3/b23-14-,26-24+. The van der Waals surface area contributed by atoms with E-state index < -0.39 is 0 Å². The van der Waals surface area contributed by atoms with Crippen molar-refractivity contribution in [2.24, 2.45) is 0 Å². The first-order chi connectivity index (χ1) is 16.5. The van der Waals surface area contributed by atoms with Crippen LogP contribution < -0.4 is 25.0 Å². The van der Waals surface area contributed by atoms with Crippen LogP contribution in [0.25, 0.3) is 11.1 Å². The average molecular weight is 507 g/mol. The predicted molar refractivity (Wildman–Crippen MR) is 145 cm³/mol. The van der Waals surface area contributed by atoms with Gasteiger partial charge in [0, 0.05) is 30.2 Å². The number of aromatic nitrogens is 2. The Morgan fingerprint density at radius 2 is 1.97 bits per heavy atom. The van der Waals surface area contributed by atoms with Crippen molar-refractivity contribution in [3.8, 4) is 0 Å². The molecule has 0 aliphatic carbocycles. The second kappa shape index (κ2) is 9.33. The highest BCUT2D eigenvalue weighted by Gasteiger charge is 2.24. The maximum Gasteiger partial charge on any atom is 0.271 e. The molecule has 4 aromatic rings. The van der Waals surface area contributed by atoms with Crippen molar-refractivity contribution in [3.05, 3.63) is 96.6 Å². The molecule has 0 saturated heterocycles. The number of hydrogen-bond donors (Lipinski definition) is 1. The summed E-state index contributed by atoms with van der Waals surface area (Å²) in [5, 5.41) is 4.98. The Hall–Kier alpha value is -3.00. The molecule has 1 aliphatic heterocycles. The van der Waals surface area contributed by atoms with Gasteiger partial charge in [0.1, 0.15) is 9.56 Å². The SMILES string of the molecule is CCn1c(=O)/c(=C2\Sc3ccc(C)cc3N2C)s/c1=C\c1ccncc1Nc1ccccc1Cl. The summed E-state index contributed by atoms with van der Waals surface area (Å²) in [6.07, 6.45) is 5.56. The smallest absolute Gasteiger partial charge is 0.271 e. The molecule has 2 aromatic carbocycles. The van der Waals surface area contributed by atoms with Gasteiger partial charge in [0.15, 0.2) is 0 Å². The number of fused-ring (bicyclic) bond motifs is 1. The second-order valence-electron chi connectivity index (χ2n) is 7.97. The van der Waals surface area contributed by atoms with Gasteiger partial charge in [-0.15, -0.1) is 11.3 Å². The van der Waals surface area contributed by atoms with Crippen molar-refractivity contribution in [3.63, 3.8) is 0 Å². The van der Waals surface area contributed by atoms with Crippen molar-refractivity contribution in [1.29, 1.82) is 0 Å². The third-order valence-corrected chi connectivity index (χ3v) is 8.50. The number of pyridine rings is 1. The molecule has 1 N–H and O–H groups in total. The fraction of sp³-hybridized carbons (Fsp3) is 0.154. The van der Waals surface area contributed by atoms with Gasteiger partial charge in [0.2, 0.25) is 0 Å². The number of halogens is 1. The Bertz CT molecular complexity index is 1570. The normalized spacial score (nSPS) is 15.1. The molecule has 172 valence electrons. The fourth-order valence-electron chi connectivity index (χ4n) is 3.90. The number of thioether (sulfide) groups is 1. The molecule has 5 rings (SSSR count). The van der Waals surface area contributed by atoms with Gasteiger partial charge in [0.05, 0.1) is 32.9 Å². The maximum absolute atomic E-state index is 13.4. The van der Waals surface area contributed by atoms with E-state index in [9.17, 15) is 4.79 Å². The van der Waals surface area contributed by atoms with Crippen molar-refractivity contribution in [2.45, 2.75) is 25.3 Å². The first-order valence-electron chi connectivity index (χ1n) is 10.9. The summed E-state index contributed by atoms with van der Waals surface area (Å²) in [5.74, 6) is 0. The Labute approximate surface area is 211 Å². The van der Waals surface area contributed by atoms with Gasteiger partial charge in [-0.25, -0.2) is 0 Å². The third kappa shape index (κ3) is 4.15. The highest BCUT2D eigenvalue weighted by Crippen LogP contribution is 2.45. The quantitative estimate of drug-likeness (QED) is 0.414. The van der Waals surface area contributed by atoms with E-state index in [-0.39, 0.29) is 5.56 Å². The number of nitrogens with zero attached hydrogens (tertiary/aromatic N) is 3. The molecule has 0 unspecified atom stereocenters. The number of benzene rings is 2. The minimum atomic E-state index is 0.0345. The Morgan fingerprint density at radius 1 is 1.15 bits per heavy atom. The second-order valence-corrected chi connectivity index (χ2v) is 10.4. The van der Waals surface area contributed by atoms with E-state index in [4.69, 9.17) is 11.6 Å². The first-order valence-corrected chi connectivity index (χ1v) is 12.9. The highest BCUT2D eigenvalue weighted by molar-refractivity contribution is 8.08. The number of rotatable bonds is 4. The van der Waals surface area contributed by atoms with Crippen LogP contribution in [-0.2, 0) is 6.54 Å². The van der Waals surface area contributed by atoms with E-state index in [0.717, 1.165) is 36.8 Å². The number of para-hydroxylation sites is 1. The monoisotopic (exact) mass is 506 g/mol. The molecule has 1 aliphatic rings. The van der Waals surface area contributed by atoms with Gasteiger partial charge in [-0.05, 0) is 55.8 Å². The molecular formula is C26H23ClN4OS2. The molecule has 2 aromatic heterocycles. The molecular weight excluding hydrogens is 484 g/mol. The Balaban J connectivity index is 1.63. The van der Waals surface area contributed by atoms with Gasteiger partial charge in [-0.2, -0.15) is 0 Å². The van der Waals surface area contributed by atoms with Crippen LogP contribution in [0.2, 0.25) is 5.02 Å². The van der Waals surface area contributed by atoms with Gasteiger partial charge >= 0.3 is 0 Å². The highest BCUT2D eigenvalue weighted by atomic mass is 35.5. The lowest BCUT2D eigenvalue weighted by Crippen LogP contribution is -2.33. The lowest BCUT2D eigenvalue weighted by Gasteiger charge is -2.12. The van der Waals surface area contributed by atoms with Crippen LogP contribution in [-0.4, -0.2) is 16.6 Å². The van der Waals surface area contributed by atoms with E-state index in [1.165, 1.54) is 21.8 Å². The summed E-state index contributed by atoms with van der Waals surface area (Å²) in [6.45, 7) is 4.67. The summed E-state index contributed by atoms with van der Waals surface area (Å²) in [6, 6.07) is 15.9. The molecule has 3 heterocycles. The van der Waals surface area contributed by atoms with Crippen molar-refractivity contribution < 1.29 is 0 Å². The van der Waals surface area contributed by atoms with Crippen LogP contribution in [0, 0.1) is 6.92 Å². The van der Waals surface area contributed by atoms with E-state index in [2.05, 4.69) is 40.3 Å². The zero-order valence-electron chi connectivity index (χ0n) is 19.0. The summed E-state index contributed by atoms with van der Waals surface area (Å²) in [5.41, 5.74) is 4.94. The summed E-state index contributed by atoms with van der Waals surface area (Å²) < 4.78 is 3.48. The zero-order chi connectivity index (χ0) is 23.8. The van der Waals surface area contributed by atoms with E-state index in [1.807, 2.05) is 54.9 Å². The van der Waals surface area contributed by atoms with E-state index >= 15 is 0 Å². The van der Waals surface area contributed by atoms with Crippen LogP contribution in [0.15, 0.2) is 70.6 Å². The van der Waals surface area contributed by atoms with E-state index in [1.54, 1.807) is 24.2 Å². The summed E-state index contributed by atoms with van der Waals surface area (Å²) in [4.78, 5) is 21.0. The molecule has 0 radical (unpaired) electrons. The van der Waals surface area contributed by atoms with Gasteiger partial charge in [-0.3, -0.25) is 14.3 Å². The molecule has 34 heavy (non-hydrogen) atoms. The molecule has 0 fully saturated rings. The van der Waals surface area contributed by atoms with E-state index in [0.29, 0.717) is 11.6 Å². The number of thiazole rings is 1. The largest absolute Gasteiger partial charge is 0.353 e. The van der Waals surface area contributed by atoms with Crippen LogP contribution in [0.1, 0.15) is 18.1 Å². The molecule has 0 spiro atoms. The Morgan fingerprint density at radius 3 is 2.76 bits per heavy atom. The minimum Gasteiger partial charge on any atom is -0.353 e. The van der Waals surface area contributed by atoms with Crippen LogP contribution in [0.5, 0.6) is 0 Å². The summed E-state index contributed by atoms with van der Waals surface area (Å²) in [7, 11) is 2.03. The minimum absolute atomic E-state index is 0.0345. The molecule has 0 saturated carbocycles. The van der Waals surface area contributed by atoms with Gasteiger partial charge < -0.3 is 10.2 Å². The van der Waals surface area contributed by atoms with Crippen LogP contribution in [0.3, 0.4) is 0 Å². The Kier molecular flexibility index (Phi) is 6.25. The number of aryl methyl sites for hydroxylation is 1. The topological polar surface area (TPSA) is 50.2 Å². The molecule has 5 nitrogen and oxygen atoms in total. The lowest BCUT2D eigenvalue weighted by molar-refractivity contribution is 0.722.